The van der Waals surface area contributed by atoms with Gasteiger partial charge in [0.25, 0.3) is 0 Å². The predicted molar refractivity (Wildman–Crippen MR) is 87.2 cm³/mol. The molecule has 0 saturated heterocycles. The molecule has 0 aliphatic heterocycles. The van der Waals surface area contributed by atoms with Gasteiger partial charge in [-0.1, -0.05) is 20.8 Å². The highest BCUT2D eigenvalue weighted by molar-refractivity contribution is 5.24. The Hall–Kier alpha value is -1.34. The van der Waals surface area contributed by atoms with Crippen molar-refractivity contribution >= 4 is 0 Å². The molecule has 118 valence electrons. The minimum Gasteiger partial charge on any atom is -0.299 e. The summed E-state index contributed by atoms with van der Waals surface area (Å²) in [6, 6.07) is 2.49. The molecule has 0 radical (unpaired) electrons. The SMILES string of the molecule is CCCNC(C#N)(CC)CCCn1nc(C)c(CC)c1C. The van der Waals surface area contributed by atoms with Crippen LogP contribution >= 0.6 is 0 Å². The fraction of sp³-hybridized carbons (Fsp3) is 0.765. The summed E-state index contributed by atoms with van der Waals surface area (Å²) in [5, 5.41) is 17.6. The Kier molecular flexibility index (Phi) is 6.91. The molecular weight excluding hydrogens is 260 g/mol. The number of nitrogens with zero attached hydrogens (tertiary/aromatic N) is 3. The van der Waals surface area contributed by atoms with Crippen molar-refractivity contribution in [1.82, 2.24) is 15.1 Å². The molecule has 0 aliphatic carbocycles. The monoisotopic (exact) mass is 290 g/mol. The molecule has 1 aromatic heterocycles. The highest BCUT2D eigenvalue weighted by Crippen LogP contribution is 2.19. The fourth-order valence-electron chi connectivity index (χ4n) is 2.92. The molecule has 1 atom stereocenters. The first kappa shape index (κ1) is 17.7. The number of aryl methyl sites for hydroxylation is 2. The number of aromatic nitrogens is 2. The second-order valence-corrected chi connectivity index (χ2v) is 5.80. The van der Waals surface area contributed by atoms with Gasteiger partial charge >= 0.3 is 0 Å². The van der Waals surface area contributed by atoms with Gasteiger partial charge in [-0.2, -0.15) is 10.4 Å². The zero-order valence-electron chi connectivity index (χ0n) is 14.3. The molecule has 0 amide bonds. The Morgan fingerprint density at radius 3 is 2.48 bits per heavy atom. The Morgan fingerprint density at radius 2 is 2.00 bits per heavy atom. The maximum absolute atomic E-state index is 9.51. The normalized spacial score (nSPS) is 13.9. The van der Waals surface area contributed by atoms with Crippen LogP contribution in [-0.4, -0.2) is 21.9 Å². The topological polar surface area (TPSA) is 53.6 Å². The number of hydrogen-bond acceptors (Lipinski definition) is 3. The van der Waals surface area contributed by atoms with E-state index >= 15 is 0 Å². The van der Waals surface area contributed by atoms with Crippen LogP contribution in [0.25, 0.3) is 0 Å². The summed E-state index contributed by atoms with van der Waals surface area (Å²) >= 11 is 0. The molecule has 4 heteroatoms. The summed E-state index contributed by atoms with van der Waals surface area (Å²) in [5.74, 6) is 0. The summed E-state index contributed by atoms with van der Waals surface area (Å²) in [6.45, 7) is 12.4. The highest BCUT2D eigenvalue weighted by atomic mass is 15.3. The number of nitrogens with one attached hydrogen (secondary N) is 1. The van der Waals surface area contributed by atoms with Gasteiger partial charge in [-0.15, -0.1) is 0 Å². The summed E-state index contributed by atoms with van der Waals surface area (Å²) in [6.07, 6.45) is 4.79. The van der Waals surface area contributed by atoms with Crippen LogP contribution in [0.3, 0.4) is 0 Å². The lowest BCUT2D eigenvalue weighted by atomic mass is 9.92. The molecule has 0 saturated carbocycles. The number of nitriles is 1. The Morgan fingerprint density at radius 1 is 1.29 bits per heavy atom. The van der Waals surface area contributed by atoms with Gasteiger partial charge in [0.15, 0.2) is 0 Å². The smallest absolute Gasteiger partial charge is 0.106 e. The van der Waals surface area contributed by atoms with Crippen LogP contribution in [0.15, 0.2) is 0 Å². The molecular formula is C17H30N4. The van der Waals surface area contributed by atoms with Crippen LogP contribution in [0.1, 0.15) is 63.4 Å². The van der Waals surface area contributed by atoms with Crippen molar-refractivity contribution in [2.75, 3.05) is 6.54 Å². The molecule has 21 heavy (non-hydrogen) atoms. The van der Waals surface area contributed by atoms with E-state index in [1.807, 2.05) is 0 Å². The molecule has 4 nitrogen and oxygen atoms in total. The Labute approximate surface area is 129 Å². The van der Waals surface area contributed by atoms with Crippen LogP contribution in [0.4, 0.5) is 0 Å². The van der Waals surface area contributed by atoms with Gasteiger partial charge < -0.3 is 0 Å². The molecule has 0 bridgehead atoms. The lowest BCUT2D eigenvalue weighted by Crippen LogP contribution is -2.44. The summed E-state index contributed by atoms with van der Waals surface area (Å²) in [5.41, 5.74) is 3.40. The highest BCUT2D eigenvalue weighted by Gasteiger charge is 2.26. The van der Waals surface area contributed by atoms with Gasteiger partial charge in [0.05, 0.1) is 11.8 Å². The summed E-state index contributed by atoms with van der Waals surface area (Å²) in [7, 11) is 0. The van der Waals surface area contributed by atoms with E-state index in [4.69, 9.17) is 0 Å². The van der Waals surface area contributed by atoms with Crippen molar-refractivity contribution in [3.63, 3.8) is 0 Å². The van der Waals surface area contributed by atoms with Gasteiger partial charge in [-0.3, -0.25) is 10.00 Å². The predicted octanol–water partition coefficient (Wildman–Crippen LogP) is 3.51. The van der Waals surface area contributed by atoms with E-state index in [-0.39, 0.29) is 5.54 Å². The van der Waals surface area contributed by atoms with Crippen molar-refractivity contribution in [2.45, 2.75) is 78.8 Å². The van der Waals surface area contributed by atoms with E-state index in [0.717, 1.165) is 50.9 Å². The van der Waals surface area contributed by atoms with E-state index in [0.29, 0.717) is 0 Å². The average molecular weight is 290 g/mol. The molecule has 0 spiro atoms. The molecule has 0 aromatic carbocycles. The minimum atomic E-state index is -0.375. The minimum absolute atomic E-state index is 0.375. The lowest BCUT2D eigenvalue weighted by molar-refractivity contribution is 0.351. The Balaban J connectivity index is 2.65. The van der Waals surface area contributed by atoms with Crippen molar-refractivity contribution in [3.05, 3.63) is 17.0 Å². The van der Waals surface area contributed by atoms with E-state index in [2.05, 4.69) is 55.8 Å². The van der Waals surface area contributed by atoms with E-state index in [1.165, 1.54) is 11.3 Å². The molecule has 1 heterocycles. The van der Waals surface area contributed by atoms with E-state index in [9.17, 15) is 5.26 Å². The molecule has 0 aliphatic rings. The fourth-order valence-corrected chi connectivity index (χ4v) is 2.92. The third-order valence-corrected chi connectivity index (χ3v) is 4.39. The largest absolute Gasteiger partial charge is 0.299 e. The quantitative estimate of drug-likeness (QED) is 0.757. The van der Waals surface area contributed by atoms with E-state index in [1.54, 1.807) is 0 Å². The molecule has 0 fully saturated rings. The van der Waals surface area contributed by atoms with Gasteiger partial charge in [0, 0.05) is 12.2 Å². The number of rotatable bonds is 9. The second-order valence-electron chi connectivity index (χ2n) is 5.80. The summed E-state index contributed by atoms with van der Waals surface area (Å²) < 4.78 is 2.10. The third-order valence-electron chi connectivity index (χ3n) is 4.39. The zero-order valence-corrected chi connectivity index (χ0v) is 14.3. The van der Waals surface area contributed by atoms with Crippen molar-refractivity contribution < 1.29 is 0 Å². The van der Waals surface area contributed by atoms with Gasteiger partial charge in [-0.25, -0.2) is 0 Å². The van der Waals surface area contributed by atoms with Crippen LogP contribution < -0.4 is 5.32 Å². The first-order chi connectivity index (χ1) is 10.0. The van der Waals surface area contributed by atoms with Crippen molar-refractivity contribution in [2.24, 2.45) is 0 Å². The summed E-state index contributed by atoms with van der Waals surface area (Å²) in [4.78, 5) is 0. The van der Waals surface area contributed by atoms with Crippen molar-refractivity contribution in [3.8, 4) is 6.07 Å². The first-order valence-electron chi connectivity index (χ1n) is 8.22. The van der Waals surface area contributed by atoms with Crippen LogP contribution in [0.2, 0.25) is 0 Å². The lowest BCUT2D eigenvalue weighted by Gasteiger charge is -2.26. The average Bonchev–Trinajstić information content (AvgIpc) is 2.77. The van der Waals surface area contributed by atoms with Crippen LogP contribution in [0.5, 0.6) is 0 Å². The van der Waals surface area contributed by atoms with E-state index < -0.39 is 0 Å². The maximum Gasteiger partial charge on any atom is 0.106 e. The Bertz CT molecular complexity index is 484. The van der Waals surface area contributed by atoms with Crippen molar-refractivity contribution in [1.29, 1.82) is 5.26 Å². The van der Waals surface area contributed by atoms with Gasteiger partial charge in [0.2, 0.25) is 0 Å². The maximum atomic E-state index is 9.51. The van der Waals surface area contributed by atoms with Crippen LogP contribution in [0, 0.1) is 25.2 Å². The first-order valence-corrected chi connectivity index (χ1v) is 8.22. The molecule has 1 rings (SSSR count). The van der Waals surface area contributed by atoms with Gasteiger partial charge in [0.1, 0.15) is 5.54 Å². The number of hydrogen-bond donors (Lipinski definition) is 1. The van der Waals surface area contributed by atoms with Gasteiger partial charge in [-0.05, 0) is 58.1 Å². The molecule has 1 unspecified atom stereocenters. The second kappa shape index (κ2) is 8.19. The third kappa shape index (κ3) is 4.31. The molecule has 1 aromatic rings. The standard InChI is InChI=1S/C17H30N4/c1-6-11-19-17(8-3,13-18)10-9-12-21-15(5)16(7-2)14(4)20-21/h19H,6-12H2,1-5H3. The zero-order chi connectivity index (χ0) is 15.9. The van der Waals surface area contributed by atoms with Crippen LogP contribution in [-0.2, 0) is 13.0 Å². The molecule has 1 N–H and O–H groups in total.